The molecule has 3 N–H and O–H groups in total. The highest BCUT2D eigenvalue weighted by atomic mass is 32.2. The average molecular weight is 308 g/mol. The first-order valence-electron chi connectivity index (χ1n) is 6.90. The molecule has 0 spiro atoms. The highest BCUT2D eigenvalue weighted by Crippen LogP contribution is 2.13. The maximum absolute atomic E-state index is 11.7. The van der Waals surface area contributed by atoms with Gasteiger partial charge in [0.1, 0.15) is 6.10 Å². The van der Waals surface area contributed by atoms with Crippen molar-refractivity contribution in [1.82, 2.24) is 5.32 Å². The van der Waals surface area contributed by atoms with Gasteiger partial charge in [-0.2, -0.15) is 0 Å². The molecule has 2 unspecified atom stereocenters. The topological polar surface area (TPSA) is 108 Å². The van der Waals surface area contributed by atoms with Crippen LogP contribution in [0.1, 0.15) is 32.6 Å². The molecule has 1 heterocycles. The van der Waals surface area contributed by atoms with Crippen LogP contribution in [0.15, 0.2) is 0 Å². The molecule has 1 aliphatic heterocycles. The molecule has 1 fully saturated rings. The molecule has 8 heteroatoms. The van der Waals surface area contributed by atoms with Gasteiger partial charge in [-0.05, 0) is 32.6 Å². The summed E-state index contributed by atoms with van der Waals surface area (Å²) in [6, 6.07) is 0. The molecular weight excluding hydrogens is 284 g/mol. The Labute approximate surface area is 120 Å². The molecule has 1 saturated heterocycles. The molecule has 0 aromatic heterocycles. The Morgan fingerprint density at radius 1 is 1.50 bits per heavy atom. The maximum Gasteiger partial charge on any atom is 0.248 e. The lowest BCUT2D eigenvalue weighted by Gasteiger charge is -2.23. The Morgan fingerprint density at radius 3 is 2.85 bits per heavy atom. The summed E-state index contributed by atoms with van der Waals surface area (Å²) in [5.74, 6) is -0.395. The van der Waals surface area contributed by atoms with E-state index in [4.69, 9.17) is 14.6 Å². The van der Waals surface area contributed by atoms with E-state index in [2.05, 4.69) is 5.32 Å². The normalized spacial score (nSPS) is 21.4. The number of carbonyl (C=O) groups is 1. The largest absolute Gasteiger partial charge is 0.376 e. The summed E-state index contributed by atoms with van der Waals surface area (Å²) < 4.78 is 32.4. The van der Waals surface area contributed by atoms with Crippen molar-refractivity contribution >= 4 is 15.9 Å². The lowest BCUT2D eigenvalue weighted by molar-refractivity contribution is -0.135. The van der Waals surface area contributed by atoms with Gasteiger partial charge in [0.15, 0.2) is 0 Å². The van der Waals surface area contributed by atoms with Crippen molar-refractivity contribution in [2.24, 2.45) is 5.14 Å². The predicted octanol–water partition coefficient (Wildman–Crippen LogP) is -0.245. The van der Waals surface area contributed by atoms with Gasteiger partial charge in [0.2, 0.25) is 15.9 Å². The summed E-state index contributed by atoms with van der Waals surface area (Å²) in [5, 5.41) is 7.48. The minimum atomic E-state index is -3.47. The smallest absolute Gasteiger partial charge is 0.248 e. The number of ether oxygens (including phenoxy) is 2. The molecule has 1 aliphatic rings. The van der Waals surface area contributed by atoms with Crippen molar-refractivity contribution in [3.63, 3.8) is 0 Å². The first kappa shape index (κ1) is 17.4. The van der Waals surface area contributed by atoms with Crippen LogP contribution in [0, 0.1) is 0 Å². The molecule has 0 aliphatic carbocycles. The van der Waals surface area contributed by atoms with Gasteiger partial charge < -0.3 is 14.8 Å². The minimum Gasteiger partial charge on any atom is -0.376 e. The van der Waals surface area contributed by atoms with Crippen molar-refractivity contribution in [1.29, 1.82) is 0 Å². The Kier molecular flexibility index (Phi) is 7.42. The van der Waals surface area contributed by atoms with Crippen LogP contribution in [-0.4, -0.2) is 52.0 Å². The van der Waals surface area contributed by atoms with Crippen molar-refractivity contribution in [2.75, 3.05) is 25.5 Å². The van der Waals surface area contributed by atoms with Crippen molar-refractivity contribution in [2.45, 2.75) is 44.8 Å². The molecule has 20 heavy (non-hydrogen) atoms. The summed E-state index contributed by atoms with van der Waals surface area (Å²) in [5.41, 5.74) is 0. The molecule has 0 saturated carbocycles. The number of amides is 1. The third-order valence-electron chi connectivity index (χ3n) is 3.08. The van der Waals surface area contributed by atoms with Gasteiger partial charge in [-0.15, -0.1) is 0 Å². The van der Waals surface area contributed by atoms with Gasteiger partial charge in [0.05, 0.1) is 18.5 Å². The van der Waals surface area contributed by atoms with Gasteiger partial charge >= 0.3 is 0 Å². The highest BCUT2D eigenvalue weighted by Gasteiger charge is 2.18. The Hall–Kier alpha value is -0.700. The van der Waals surface area contributed by atoms with Gasteiger partial charge in [-0.1, -0.05) is 0 Å². The molecule has 1 rings (SSSR count). The molecule has 0 aromatic rings. The zero-order valence-corrected chi connectivity index (χ0v) is 12.7. The van der Waals surface area contributed by atoms with Crippen molar-refractivity contribution in [3.8, 4) is 0 Å². The fraction of sp³-hybridized carbons (Fsp3) is 0.917. The number of hydrogen-bond donors (Lipinski definition) is 2. The zero-order valence-electron chi connectivity index (χ0n) is 11.8. The van der Waals surface area contributed by atoms with E-state index in [-0.39, 0.29) is 24.3 Å². The third-order valence-corrected chi connectivity index (χ3v) is 3.94. The Morgan fingerprint density at radius 2 is 2.25 bits per heavy atom. The highest BCUT2D eigenvalue weighted by molar-refractivity contribution is 7.89. The summed E-state index contributed by atoms with van der Waals surface area (Å²) in [6.45, 7) is 3.09. The number of nitrogens with two attached hydrogens (primary N) is 1. The van der Waals surface area contributed by atoms with E-state index < -0.39 is 16.1 Å². The summed E-state index contributed by atoms with van der Waals surface area (Å²) in [6.07, 6.45) is 2.96. The summed E-state index contributed by atoms with van der Waals surface area (Å²) in [4.78, 5) is 11.7. The van der Waals surface area contributed by atoms with Crippen molar-refractivity contribution < 1.29 is 22.7 Å². The Balaban J connectivity index is 2.12. The fourth-order valence-corrected chi connectivity index (χ4v) is 2.44. The van der Waals surface area contributed by atoms with Crippen LogP contribution in [-0.2, 0) is 24.3 Å². The second-order valence-electron chi connectivity index (χ2n) is 4.98. The van der Waals surface area contributed by atoms with E-state index in [9.17, 15) is 13.2 Å². The first-order chi connectivity index (χ1) is 9.38. The van der Waals surface area contributed by atoms with E-state index in [0.29, 0.717) is 13.0 Å². The SMILES string of the molecule is CC(OCC1CCCCO1)C(=O)NCCCS(N)(=O)=O. The van der Waals surface area contributed by atoms with Gasteiger partial charge in [-0.25, -0.2) is 13.6 Å². The summed E-state index contributed by atoms with van der Waals surface area (Å²) in [7, 11) is -3.47. The maximum atomic E-state index is 11.7. The van der Waals surface area contributed by atoms with Crippen LogP contribution in [0.3, 0.4) is 0 Å². The molecule has 2 atom stereocenters. The third kappa shape index (κ3) is 7.78. The lowest BCUT2D eigenvalue weighted by atomic mass is 10.1. The minimum absolute atomic E-state index is 0.0707. The average Bonchev–Trinajstić information content (AvgIpc) is 2.40. The number of nitrogens with one attached hydrogen (secondary N) is 1. The number of hydrogen-bond acceptors (Lipinski definition) is 5. The quantitative estimate of drug-likeness (QED) is 0.601. The monoisotopic (exact) mass is 308 g/mol. The number of primary sulfonamides is 1. The van der Waals surface area contributed by atoms with Crippen LogP contribution >= 0.6 is 0 Å². The van der Waals surface area contributed by atoms with E-state index in [1.807, 2.05) is 0 Å². The van der Waals surface area contributed by atoms with Crippen LogP contribution in [0.4, 0.5) is 0 Å². The standard InChI is InChI=1S/C12H24N2O5S/c1-10(19-9-11-5-2-3-7-18-11)12(15)14-6-4-8-20(13,16)17/h10-11H,2-9H2,1H3,(H,14,15)(H2,13,16,17). The van der Waals surface area contributed by atoms with Crippen molar-refractivity contribution in [3.05, 3.63) is 0 Å². The van der Waals surface area contributed by atoms with Crippen LogP contribution in [0.25, 0.3) is 0 Å². The lowest BCUT2D eigenvalue weighted by Crippen LogP contribution is -2.37. The molecule has 0 bridgehead atoms. The Bertz CT molecular complexity index is 393. The molecule has 1 amide bonds. The van der Waals surface area contributed by atoms with E-state index >= 15 is 0 Å². The molecular formula is C12H24N2O5S. The van der Waals surface area contributed by atoms with E-state index in [1.54, 1.807) is 6.92 Å². The predicted molar refractivity (Wildman–Crippen MR) is 74.6 cm³/mol. The van der Waals surface area contributed by atoms with Crippen LogP contribution < -0.4 is 10.5 Å². The molecule has 118 valence electrons. The molecule has 0 aromatic carbocycles. The zero-order chi connectivity index (χ0) is 15.0. The number of sulfonamides is 1. The second kappa shape index (κ2) is 8.56. The molecule has 0 radical (unpaired) electrons. The van der Waals surface area contributed by atoms with E-state index in [1.165, 1.54) is 0 Å². The summed E-state index contributed by atoms with van der Waals surface area (Å²) >= 11 is 0. The second-order valence-corrected chi connectivity index (χ2v) is 6.71. The van der Waals surface area contributed by atoms with Crippen LogP contribution in [0.2, 0.25) is 0 Å². The van der Waals surface area contributed by atoms with Gasteiger partial charge in [0, 0.05) is 13.2 Å². The number of rotatable bonds is 8. The van der Waals surface area contributed by atoms with Crippen LogP contribution in [0.5, 0.6) is 0 Å². The van der Waals surface area contributed by atoms with Gasteiger partial charge in [-0.3, -0.25) is 4.79 Å². The fourth-order valence-electron chi connectivity index (χ4n) is 1.89. The van der Waals surface area contributed by atoms with E-state index in [0.717, 1.165) is 25.9 Å². The first-order valence-corrected chi connectivity index (χ1v) is 8.61. The number of carbonyl (C=O) groups excluding carboxylic acids is 1. The van der Waals surface area contributed by atoms with Gasteiger partial charge in [0.25, 0.3) is 0 Å². The molecule has 7 nitrogen and oxygen atoms in total.